The van der Waals surface area contributed by atoms with Gasteiger partial charge in [-0.3, -0.25) is 4.79 Å². The fraction of sp³-hybridized carbons (Fsp3) is 0.200. The highest BCUT2D eigenvalue weighted by Crippen LogP contribution is 2.23. The minimum Gasteiger partial charge on any atom is -0.465 e. The van der Waals surface area contributed by atoms with Crippen molar-refractivity contribution in [2.75, 3.05) is 26.1 Å². The number of carbonyl (C=O) groups is 4. The van der Waals surface area contributed by atoms with Crippen molar-refractivity contribution in [2.24, 2.45) is 0 Å². The van der Waals surface area contributed by atoms with Crippen LogP contribution in [0.1, 0.15) is 31.1 Å². The topological polar surface area (TPSA) is 117 Å². The summed E-state index contributed by atoms with van der Waals surface area (Å²) in [5.41, 5.74) is -0.251. The zero-order chi connectivity index (χ0) is 23.9. The molecule has 0 unspecified atom stereocenters. The summed E-state index contributed by atoms with van der Waals surface area (Å²) in [6.45, 7) is -0.789. The lowest BCUT2D eigenvalue weighted by molar-refractivity contribution is -0.274. The Balaban J connectivity index is 2.05. The van der Waals surface area contributed by atoms with Gasteiger partial charge in [0.1, 0.15) is 5.75 Å². The summed E-state index contributed by atoms with van der Waals surface area (Å²) in [6.07, 6.45) is -4.88. The van der Waals surface area contributed by atoms with Gasteiger partial charge in [-0.1, -0.05) is 0 Å². The van der Waals surface area contributed by atoms with Crippen LogP contribution in [0.3, 0.4) is 0 Å². The molecule has 2 aromatic carbocycles. The third-order valence-corrected chi connectivity index (χ3v) is 3.78. The average molecular weight is 455 g/mol. The number of rotatable bonds is 7. The first-order valence-corrected chi connectivity index (χ1v) is 8.67. The van der Waals surface area contributed by atoms with Gasteiger partial charge < -0.3 is 24.3 Å². The Bertz CT molecular complexity index is 1020. The largest absolute Gasteiger partial charge is 0.573 e. The first-order chi connectivity index (χ1) is 15.0. The van der Waals surface area contributed by atoms with E-state index in [4.69, 9.17) is 4.74 Å². The monoisotopic (exact) mass is 455 g/mol. The summed E-state index contributed by atoms with van der Waals surface area (Å²) in [6, 6.07) is 7.57. The second-order valence-corrected chi connectivity index (χ2v) is 5.94. The number of anilines is 1. The van der Waals surface area contributed by atoms with Crippen LogP contribution in [0.4, 0.5) is 18.9 Å². The van der Waals surface area contributed by atoms with Crippen LogP contribution in [0.25, 0.3) is 0 Å². The molecule has 1 amide bonds. The predicted octanol–water partition coefficient (Wildman–Crippen LogP) is 2.95. The van der Waals surface area contributed by atoms with Crippen LogP contribution in [0.5, 0.6) is 5.75 Å². The molecule has 12 heteroatoms. The van der Waals surface area contributed by atoms with Crippen molar-refractivity contribution in [3.8, 4) is 5.75 Å². The van der Waals surface area contributed by atoms with E-state index in [0.717, 1.165) is 38.5 Å². The molecule has 2 rings (SSSR count). The maximum absolute atomic E-state index is 12.2. The molecule has 0 heterocycles. The quantitative estimate of drug-likeness (QED) is 0.500. The van der Waals surface area contributed by atoms with Gasteiger partial charge in [0, 0.05) is 0 Å². The molecular weight excluding hydrogens is 439 g/mol. The molecule has 0 aliphatic heterocycles. The number of ether oxygens (including phenoxy) is 4. The molecule has 0 bridgehead atoms. The van der Waals surface area contributed by atoms with Crippen LogP contribution in [-0.2, 0) is 19.0 Å². The van der Waals surface area contributed by atoms with E-state index in [1.165, 1.54) is 18.2 Å². The molecule has 0 radical (unpaired) electrons. The minimum absolute atomic E-state index is 0.0358. The maximum Gasteiger partial charge on any atom is 0.573 e. The summed E-state index contributed by atoms with van der Waals surface area (Å²) in [5.74, 6) is -3.90. The highest BCUT2D eigenvalue weighted by atomic mass is 19.4. The SMILES string of the molecule is COC(=O)c1ccc(C(=O)OC)c(NC(=O)COC(=O)c2ccc(OC(F)(F)F)cc2)c1. The Morgan fingerprint density at radius 2 is 1.44 bits per heavy atom. The molecule has 0 spiro atoms. The number of nitrogens with one attached hydrogen (secondary N) is 1. The van der Waals surface area contributed by atoms with Gasteiger partial charge in [-0.25, -0.2) is 14.4 Å². The Labute approximate surface area is 179 Å². The van der Waals surface area contributed by atoms with Crippen LogP contribution < -0.4 is 10.1 Å². The molecule has 32 heavy (non-hydrogen) atoms. The highest BCUT2D eigenvalue weighted by Gasteiger charge is 2.31. The lowest BCUT2D eigenvalue weighted by Gasteiger charge is -2.12. The maximum atomic E-state index is 12.2. The number of methoxy groups -OCH3 is 2. The third-order valence-electron chi connectivity index (χ3n) is 3.78. The number of carbonyl (C=O) groups excluding carboxylic acids is 4. The van der Waals surface area contributed by atoms with Crippen LogP contribution >= 0.6 is 0 Å². The molecule has 0 atom stereocenters. The summed E-state index contributed by atoms with van der Waals surface area (Å²) in [5, 5.41) is 2.32. The van der Waals surface area contributed by atoms with Crippen LogP contribution in [0.15, 0.2) is 42.5 Å². The van der Waals surface area contributed by atoms with E-state index in [2.05, 4.69) is 19.5 Å². The van der Waals surface area contributed by atoms with Crippen LogP contribution in [0, 0.1) is 0 Å². The van der Waals surface area contributed by atoms with Crippen LogP contribution in [-0.4, -0.2) is 51.0 Å². The number of benzene rings is 2. The van der Waals surface area contributed by atoms with Gasteiger partial charge in [0.2, 0.25) is 0 Å². The standard InChI is InChI=1S/C20H16F3NO8/c1-29-17(26)12-5-8-14(19(28)30-2)15(9-12)24-16(25)10-31-18(27)11-3-6-13(7-4-11)32-20(21,22)23/h3-9H,10H2,1-2H3,(H,24,25). The number of esters is 3. The van der Waals surface area contributed by atoms with E-state index in [1.807, 2.05) is 0 Å². The van der Waals surface area contributed by atoms with Crippen LogP contribution in [0.2, 0.25) is 0 Å². The van der Waals surface area contributed by atoms with E-state index in [1.54, 1.807) is 0 Å². The molecule has 0 fully saturated rings. The summed E-state index contributed by atoms with van der Waals surface area (Å²) in [7, 11) is 2.27. The number of hydrogen-bond acceptors (Lipinski definition) is 8. The summed E-state index contributed by atoms with van der Waals surface area (Å²) >= 11 is 0. The van der Waals surface area contributed by atoms with Crippen molar-refractivity contribution in [1.29, 1.82) is 0 Å². The van der Waals surface area contributed by atoms with Crippen molar-refractivity contribution >= 4 is 29.5 Å². The molecule has 0 aliphatic carbocycles. The summed E-state index contributed by atoms with van der Waals surface area (Å²) in [4.78, 5) is 47.7. The van der Waals surface area contributed by atoms with Crippen molar-refractivity contribution in [1.82, 2.24) is 0 Å². The van der Waals surface area contributed by atoms with E-state index in [0.29, 0.717) is 0 Å². The molecule has 0 saturated carbocycles. The molecule has 1 N–H and O–H groups in total. The van der Waals surface area contributed by atoms with E-state index in [-0.39, 0.29) is 22.4 Å². The normalized spacial score (nSPS) is 10.7. The lowest BCUT2D eigenvalue weighted by atomic mass is 10.1. The van der Waals surface area contributed by atoms with Gasteiger partial charge in [-0.15, -0.1) is 13.2 Å². The predicted molar refractivity (Wildman–Crippen MR) is 101 cm³/mol. The first-order valence-electron chi connectivity index (χ1n) is 8.67. The lowest BCUT2D eigenvalue weighted by Crippen LogP contribution is -2.22. The number of amides is 1. The second-order valence-electron chi connectivity index (χ2n) is 5.94. The number of halogens is 3. The van der Waals surface area contributed by atoms with E-state index >= 15 is 0 Å². The number of hydrogen-bond donors (Lipinski definition) is 1. The molecule has 2 aromatic rings. The highest BCUT2D eigenvalue weighted by molar-refractivity contribution is 6.04. The van der Waals surface area contributed by atoms with Gasteiger partial charge in [0.25, 0.3) is 5.91 Å². The van der Waals surface area contributed by atoms with Crippen molar-refractivity contribution < 1.29 is 51.3 Å². The van der Waals surface area contributed by atoms with Crippen molar-refractivity contribution in [3.63, 3.8) is 0 Å². The second kappa shape index (κ2) is 10.3. The Morgan fingerprint density at radius 3 is 2.00 bits per heavy atom. The van der Waals surface area contributed by atoms with Gasteiger partial charge in [-0.2, -0.15) is 0 Å². The Morgan fingerprint density at radius 1 is 0.844 bits per heavy atom. The smallest absolute Gasteiger partial charge is 0.465 e. The van der Waals surface area contributed by atoms with E-state index in [9.17, 15) is 32.3 Å². The minimum atomic E-state index is -4.88. The van der Waals surface area contributed by atoms with Gasteiger partial charge in [0.15, 0.2) is 6.61 Å². The molecule has 0 aliphatic rings. The van der Waals surface area contributed by atoms with E-state index < -0.39 is 42.5 Å². The van der Waals surface area contributed by atoms with Crippen molar-refractivity contribution in [2.45, 2.75) is 6.36 Å². The Hall–Kier alpha value is -4.09. The molecule has 0 aromatic heterocycles. The average Bonchev–Trinajstić information content (AvgIpc) is 2.75. The molecule has 0 saturated heterocycles. The zero-order valence-electron chi connectivity index (χ0n) is 16.6. The molecule has 170 valence electrons. The van der Waals surface area contributed by atoms with Gasteiger partial charge >= 0.3 is 24.3 Å². The Kier molecular flexibility index (Phi) is 7.77. The summed E-state index contributed by atoms with van der Waals surface area (Å²) < 4.78 is 54.2. The fourth-order valence-corrected chi connectivity index (χ4v) is 2.37. The van der Waals surface area contributed by atoms with Gasteiger partial charge in [-0.05, 0) is 42.5 Å². The zero-order valence-corrected chi connectivity index (χ0v) is 16.6. The van der Waals surface area contributed by atoms with Crippen molar-refractivity contribution in [3.05, 3.63) is 59.2 Å². The first kappa shape index (κ1) is 24.2. The van der Waals surface area contributed by atoms with Gasteiger partial charge in [0.05, 0.1) is 36.6 Å². The molecular formula is C20H16F3NO8. The fourth-order valence-electron chi connectivity index (χ4n) is 2.37. The number of alkyl halides is 3. The molecule has 9 nitrogen and oxygen atoms in total. The third kappa shape index (κ3) is 6.72.